The maximum Gasteiger partial charge on any atom is 0.257 e. The fraction of sp³-hybridized carbons (Fsp3) is 0.222. The third-order valence-electron chi connectivity index (χ3n) is 3.70. The summed E-state index contributed by atoms with van der Waals surface area (Å²) in [6.07, 6.45) is 0. The predicted molar refractivity (Wildman–Crippen MR) is 82.7 cm³/mol. The minimum Gasteiger partial charge on any atom is -0.332 e. The van der Waals surface area contributed by atoms with Gasteiger partial charge in [-0.15, -0.1) is 0 Å². The van der Waals surface area contributed by atoms with E-state index in [9.17, 15) is 9.18 Å². The molecule has 3 nitrogen and oxygen atoms in total. The standard InChI is InChI=1S/C18H17FN2O/c1-3-21(18(22)16-6-4-5-7-17(16)19)13(2)15-10-8-14(12-20)9-11-15/h4-11,13H,3H2,1-2H3. The number of amides is 1. The molecule has 1 unspecified atom stereocenters. The van der Waals surface area contributed by atoms with E-state index < -0.39 is 5.82 Å². The van der Waals surface area contributed by atoms with E-state index >= 15 is 0 Å². The largest absolute Gasteiger partial charge is 0.332 e. The molecule has 0 N–H and O–H groups in total. The van der Waals surface area contributed by atoms with Gasteiger partial charge in [0, 0.05) is 6.54 Å². The molecule has 0 heterocycles. The van der Waals surface area contributed by atoms with Gasteiger partial charge in [-0.3, -0.25) is 4.79 Å². The Labute approximate surface area is 129 Å². The van der Waals surface area contributed by atoms with Crippen molar-refractivity contribution in [2.24, 2.45) is 0 Å². The van der Waals surface area contributed by atoms with E-state index in [1.54, 1.807) is 29.2 Å². The highest BCUT2D eigenvalue weighted by Crippen LogP contribution is 2.23. The molecule has 112 valence electrons. The number of benzene rings is 2. The lowest BCUT2D eigenvalue weighted by Gasteiger charge is -2.28. The van der Waals surface area contributed by atoms with Crippen LogP contribution in [0.15, 0.2) is 48.5 Å². The van der Waals surface area contributed by atoms with Crippen molar-refractivity contribution in [3.05, 3.63) is 71.0 Å². The second kappa shape index (κ2) is 6.86. The topological polar surface area (TPSA) is 44.1 Å². The third kappa shape index (κ3) is 3.15. The Bertz CT molecular complexity index is 704. The number of hydrogen-bond acceptors (Lipinski definition) is 2. The summed E-state index contributed by atoms with van der Waals surface area (Å²) in [7, 11) is 0. The van der Waals surface area contributed by atoms with Crippen molar-refractivity contribution in [3.8, 4) is 6.07 Å². The number of hydrogen-bond donors (Lipinski definition) is 0. The van der Waals surface area contributed by atoms with Gasteiger partial charge in [0.15, 0.2) is 0 Å². The third-order valence-corrected chi connectivity index (χ3v) is 3.70. The van der Waals surface area contributed by atoms with Gasteiger partial charge in [-0.25, -0.2) is 4.39 Å². The number of carbonyl (C=O) groups is 1. The van der Waals surface area contributed by atoms with Crippen LogP contribution in [-0.4, -0.2) is 17.4 Å². The molecule has 0 spiro atoms. The molecule has 0 bridgehead atoms. The summed E-state index contributed by atoms with van der Waals surface area (Å²) in [5.74, 6) is -0.851. The average Bonchev–Trinajstić information content (AvgIpc) is 2.55. The maximum absolute atomic E-state index is 13.8. The van der Waals surface area contributed by atoms with Crippen LogP contribution >= 0.6 is 0 Å². The summed E-state index contributed by atoms with van der Waals surface area (Å²) in [4.78, 5) is 14.2. The molecular formula is C18H17FN2O. The Morgan fingerprint density at radius 3 is 2.41 bits per heavy atom. The van der Waals surface area contributed by atoms with Gasteiger partial charge in [-0.2, -0.15) is 5.26 Å². The first kappa shape index (κ1) is 15.7. The van der Waals surface area contributed by atoms with Gasteiger partial charge >= 0.3 is 0 Å². The highest BCUT2D eigenvalue weighted by Gasteiger charge is 2.23. The molecule has 4 heteroatoms. The molecule has 0 aromatic heterocycles. The van der Waals surface area contributed by atoms with Crippen molar-refractivity contribution in [1.82, 2.24) is 4.90 Å². The molecule has 2 aromatic rings. The fourth-order valence-corrected chi connectivity index (χ4v) is 2.40. The Kier molecular flexibility index (Phi) is 4.90. The number of nitrogens with zero attached hydrogens (tertiary/aromatic N) is 2. The molecule has 0 aliphatic carbocycles. The van der Waals surface area contributed by atoms with E-state index in [-0.39, 0.29) is 17.5 Å². The van der Waals surface area contributed by atoms with Crippen LogP contribution in [0.4, 0.5) is 4.39 Å². The van der Waals surface area contributed by atoms with Gasteiger partial charge in [-0.05, 0) is 43.7 Å². The Hall–Kier alpha value is -2.67. The smallest absolute Gasteiger partial charge is 0.257 e. The summed E-state index contributed by atoms with van der Waals surface area (Å²) in [6.45, 7) is 4.22. The molecule has 0 fully saturated rings. The van der Waals surface area contributed by atoms with Gasteiger partial charge in [-0.1, -0.05) is 24.3 Å². The van der Waals surface area contributed by atoms with E-state index in [0.717, 1.165) is 5.56 Å². The Morgan fingerprint density at radius 2 is 1.86 bits per heavy atom. The molecule has 2 aromatic carbocycles. The van der Waals surface area contributed by atoms with E-state index in [1.807, 2.05) is 26.0 Å². The lowest BCUT2D eigenvalue weighted by atomic mass is 10.0. The predicted octanol–water partition coefficient (Wildman–Crippen LogP) is 3.92. The zero-order valence-electron chi connectivity index (χ0n) is 12.6. The number of nitriles is 1. The molecule has 2 rings (SSSR count). The highest BCUT2D eigenvalue weighted by molar-refractivity contribution is 5.94. The zero-order valence-corrected chi connectivity index (χ0v) is 12.6. The second-order valence-corrected chi connectivity index (χ2v) is 4.98. The van der Waals surface area contributed by atoms with Gasteiger partial charge < -0.3 is 4.90 Å². The van der Waals surface area contributed by atoms with Crippen LogP contribution < -0.4 is 0 Å². The van der Waals surface area contributed by atoms with E-state index in [4.69, 9.17) is 5.26 Å². The van der Waals surface area contributed by atoms with Crippen LogP contribution in [0.5, 0.6) is 0 Å². The van der Waals surface area contributed by atoms with Crippen molar-refractivity contribution < 1.29 is 9.18 Å². The molecule has 0 aliphatic rings. The Balaban J connectivity index is 2.28. The van der Waals surface area contributed by atoms with Crippen LogP contribution in [0.25, 0.3) is 0 Å². The molecular weight excluding hydrogens is 279 g/mol. The summed E-state index contributed by atoms with van der Waals surface area (Å²) in [5, 5.41) is 8.83. The molecule has 1 amide bonds. The second-order valence-electron chi connectivity index (χ2n) is 4.98. The van der Waals surface area contributed by atoms with Crippen LogP contribution in [0, 0.1) is 17.1 Å². The van der Waals surface area contributed by atoms with Crippen LogP contribution in [-0.2, 0) is 0 Å². The number of carbonyl (C=O) groups excluding carboxylic acids is 1. The van der Waals surface area contributed by atoms with Crippen molar-refractivity contribution in [2.75, 3.05) is 6.54 Å². The zero-order chi connectivity index (χ0) is 16.1. The van der Waals surface area contributed by atoms with Gasteiger partial charge in [0.2, 0.25) is 0 Å². The molecule has 0 saturated carbocycles. The Morgan fingerprint density at radius 1 is 1.23 bits per heavy atom. The summed E-state index contributed by atoms with van der Waals surface area (Å²) in [6, 6.07) is 14.9. The van der Waals surface area contributed by atoms with Crippen LogP contribution in [0.1, 0.15) is 41.4 Å². The first-order chi connectivity index (χ1) is 10.6. The van der Waals surface area contributed by atoms with Gasteiger partial charge in [0.25, 0.3) is 5.91 Å². The molecule has 0 saturated heterocycles. The number of rotatable bonds is 4. The van der Waals surface area contributed by atoms with Crippen molar-refractivity contribution in [3.63, 3.8) is 0 Å². The van der Waals surface area contributed by atoms with E-state index in [1.165, 1.54) is 12.1 Å². The van der Waals surface area contributed by atoms with Gasteiger partial charge in [0.05, 0.1) is 23.2 Å². The molecule has 22 heavy (non-hydrogen) atoms. The normalized spacial score (nSPS) is 11.5. The summed E-state index contributed by atoms with van der Waals surface area (Å²) in [5.41, 5.74) is 1.55. The lowest BCUT2D eigenvalue weighted by molar-refractivity contribution is 0.0697. The lowest BCUT2D eigenvalue weighted by Crippen LogP contribution is -2.34. The molecule has 0 radical (unpaired) electrons. The highest BCUT2D eigenvalue weighted by atomic mass is 19.1. The summed E-state index contributed by atoms with van der Waals surface area (Å²) >= 11 is 0. The van der Waals surface area contributed by atoms with E-state index in [0.29, 0.717) is 12.1 Å². The quantitative estimate of drug-likeness (QED) is 0.858. The van der Waals surface area contributed by atoms with Crippen LogP contribution in [0.3, 0.4) is 0 Å². The van der Waals surface area contributed by atoms with E-state index in [2.05, 4.69) is 6.07 Å². The molecule has 0 aliphatic heterocycles. The first-order valence-corrected chi connectivity index (χ1v) is 7.14. The van der Waals surface area contributed by atoms with Crippen molar-refractivity contribution >= 4 is 5.91 Å². The average molecular weight is 296 g/mol. The van der Waals surface area contributed by atoms with Crippen molar-refractivity contribution in [2.45, 2.75) is 19.9 Å². The van der Waals surface area contributed by atoms with Gasteiger partial charge in [0.1, 0.15) is 5.82 Å². The minimum absolute atomic E-state index is 0.0739. The SMILES string of the molecule is CCN(C(=O)c1ccccc1F)C(C)c1ccc(C#N)cc1. The van der Waals surface area contributed by atoms with Crippen LogP contribution in [0.2, 0.25) is 0 Å². The monoisotopic (exact) mass is 296 g/mol. The maximum atomic E-state index is 13.8. The van der Waals surface area contributed by atoms with Crippen molar-refractivity contribution in [1.29, 1.82) is 5.26 Å². The molecule has 1 atom stereocenters. The summed E-state index contributed by atoms with van der Waals surface area (Å²) < 4.78 is 13.8. The minimum atomic E-state index is -0.516. The number of halogens is 1. The first-order valence-electron chi connectivity index (χ1n) is 7.14. The fourth-order valence-electron chi connectivity index (χ4n) is 2.40.